The molecule has 2 nitrogen and oxygen atoms in total. The Bertz CT molecular complexity index is 206. The molecule has 0 amide bonds. The molecule has 2 atom stereocenters. The van der Waals surface area contributed by atoms with Gasteiger partial charge in [-0.15, -0.1) is 0 Å². The minimum Gasteiger partial charge on any atom is -0.311 e. The Hall–Kier alpha value is -0.290. The third-order valence-electron chi connectivity index (χ3n) is 3.10. The van der Waals surface area contributed by atoms with Gasteiger partial charge in [0.15, 0.2) is 0 Å². The van der Waals surface area contributed by atoms with Gasteiger partial charge in [0, 0.05) is 31.6 Å². The lowest BCUT2D eigenvalue weighted by Crippen LogP contribution is -2.55. The highest BCUT2D eigenvalue weighted by Gasteiger charge is 2.28. The number of hydrogen-bond acceptors (Lipinski definition) is 2. The van der Waals surface area contributed by atoms with Gasteiger partial charge in [-0.05, 0) is 26.3 Å². The maximum absolute atomic E-state index is 12.0. The summed E-state index contributed by atoms with van der Waals surface area (Å²) < 4.78 is 36.1. The third-order valence-corrected chi connectivity index (χ3v) is 3.10. The van der Waals surface area contributed by atoms with Crippen LogP contribution >= 0.6 is 0 Å². The molecule has 1 saturated heterocycles. The molecule has 16 heavy (non-hydrogen) atoms. The lowest BCUT2D eigenvalue weighted by Gasteiger charge is -2.39. The molecule has 0 saturated carbocycles. The highest BCUT2D eigenvalue weighted by molar-refractivity contribution is 4.83. The van der Waals surface area contributed by atoms with Gasteiger partial charge in [-0.1, -0.05) is 6.92 Å². The Morgan fingerprint density at radius 3 is 2.62 bits per heavy atom. The van der Waals surface area contributed by atoms with Gasteiger partial charge in [0.25, 0.3) is 0 Å². The number of rotatable bonds is 4. The number of hydrogen-bond donors (Lipinski definition) is 1. The topological polar surface area (TPSA) is 15.3 Å². The Balaban J connectivity index is 2.32. The van der Waals surface area contributed by atoms with E-state index in [4.69, 9.17) is 0 Å². The SMILES string of the molecule is CCC1CNC(C)CN1CCCC(F)(F)F. The highest BCUT2D eigenvalue weighted by atomic mass is 19.4. The van der Waals surface area contributed by atoms with Crippen molar-refractivity contribution in [3.8, 4) is 0 Å². The molecule has 0 aromatic carbocycles. The zero-order valence-corrected chi connectivity index (χ0v) is 9.98. The van der Waals surface area contributed by atoms with Crippen LogP contribution in [0.25, 0.3) is 0 Å². The molecule has 1 N–H and O–H groups in total. The van der Waals surface area contributed by atoms with Crippen molar-refractivity contribution in [2.24, 2.45) is 0 Å². The fourth-order valence-corrected chi connectivity index (χ4v) is 2.19. The predicted molar refractivity (Wildman–Crippen MR) is 58.4 cm³/mol. The monoisotopic (exact) mass is 238 g/mol. The molecule has 1 aliphatic rings. The average molecular weight is 238 g/mol. The van der Waals surface area contributed by atoms with Gasteiger partial charge in [-0.2, -0.15) is 13.2 Å². The molecule has 5 heteroatoms. The largest absolute Gasteiger partial charge is 0.389 e. The minimum absolute atomic E-state index is 0.215. The van der Waals surface area contributed by atoms with Crippen LogP contribution in [-0.2, 0) is 0 Å². The van der Waals surface area contributed by atoms with E-state index in [-0.39, 0.29) is 6.42 Å². The van der Waals surface area contributed by atoms with Crippen LogP contribution < -0.4 is 5.32 Å². The Kier molecular flexibility index (Phi) is 5.05. The van der Waals surface area contributed by atoms with Gasteiger partial charge in [-0.3, -0.25) is 4.90 Å². The van der Waals surface area contributed by atoms with Crippen LogP contribution in [0.5, 0.6) is 0 Å². The number of halogens is 3. The summed E-state index contributed by atoms with van der Waals surface area (Å²) in [5.41, 5.74) is 0. The molecular formula is C11H21F3N2. The van der Waals surface area contributed by atoms with Crippen LogP contribution in [0.15, 0.2) is 0 Å². The first kappa shape index (κ1) is 13.8. The molecule has 1 heterocycles. The molecular weight excluding hydrogens is 217 g/mol. The molecule has 0 bridgehead atoms. The summed E-state index contributed by atoms with van der Waals surface area (Å²) in [5, 5.41) is 3.36. The predicted octanol–water partition coefficient (Wildman–Crippen LogP) is 2.40. The van der Waals surface area contributed by atoms with Crippen molar-refractivity contribution in [2.45, 2.75) is 51.4 Å². The van der Waals surface area contributed by atoms with Crippen LogP contribution in [0.4, 0.5) is 13.2 Å². The zero-order valence-electron chi connectivity index (χ0n) is 9.98. The summed E-state index contributed by atoms with van der Waals surface area (Å²) in [5.74, 6) is 0. The molecule has 0 aromatic heterocycles. The molecule has 1 rings (SSSR count). The fraction of sp³-hybridized carbons (Fsp3) is 1.00. The van der Waals surface area contributed by atoms with Gasteiger partial charge in [-0.25, -0.2) is 0 Å². The Morgan fingerprint density at radius 1 is 1.38 bits per heavy atom. The summed E-state index contributed by atoms with van der Waals surface area (Å²) in [6.45, 7) is 6.46. The molecule has 0 spiro atoms. The van der Waals surface area contributed by atoms with Crippen molar-refractivity contribution in [1.82, 2.24) is 10.2 Å². The number of nitrogens with zero attached hydrogens (tertiary/aromatic N) is 1. The fourth-order valence-electron chi connectivity index (χ4n) is 2.19. The average Bonchev–Trinajstić information content (AvgIpc) is 2.16. The molecule has 96 valence electrons. The summed E-state index contributed by atoms with van der Waals surface area (Å²) in [4.78, 5) is 2.19. The Labute approximate surface area is 95.2 Å². The van der Waals surface area contributed by atoms with Gasteiger partial charge >= 0.3 is 6.18 Å². The molecule has 0 aromatic rings. The van der Waals surface area contributed by atoms with Gasteiger partial charge in [0.1, 0.15) is 0 Å². The summed E-state index contributed by atoms with van der Waals surface area (Å²) in [7, 11) is 0. The first-order valence-corrected chi connectivity index (χ1v) is 5.96. The van der Waals surface area contributed by atoms with E-state index in [0.29, 0.717) is 18.6 Å². The standard InChI is InChI=1S/C11H21F3N2/c1-3-10-7-15-9(2)8-16(10)6-4-5-11(12,13)14/h9-10,15H,3-8H2,1-2H3. The van der Waals surface area contributed by atoms with Gasteiger partial charge in [0.2, 0.25) is 0 Å². The van der Waals surface area contributed by atoms with E-state index in [1.54, 1.807) is 0 Å². The zero-order chi connectivity index (χ0) is 12.2. The molecule has 2 unspecified atom stereocenters. The minimum atomic E-state index is -4.01. The quantitative estimate of drug-likeness (QED) is 0.809. The normalized spacial score (nSPS) is 28.3. The lowest BCUT2D eigenvalue weighted by atomic mass is 10.1. The summed E-state index contributed by atoms with van der Waals surface area (Å²) in [6, 6.07) is 0.776. The number of piperazine rings is 1. The van der Waals surface area contributed by atoms with E-state index < -0.39 is 12.6 Å². The second-order valence-corrected chi connectivity index (χ2v) is 4.59. The summed E-state index contributed by atoms with van der Waals surface area (Å²) >= 11 is 0. The van der Waals surface area contributed by atoms with E-state index in [1.807, 2.05) is 0 Å². The molecule has 1 aliphatic heterocycles. The van der Waals surface area contributed by atoms with E-state index >= 15 is 0 Å². The molecule has 1 fully saturated rings. The first-order valence-electron chi connectivity index (χ1n) is 5.96. The van der Waals surface area contributed by atoms with Crippen molar-refractivity contribution >= 4 is 0 Å². The van der Waals surface area contributed by atoms with Crippen LogP contribution in [0.1, 0.15) is 33.1 Å². The van der Waals surface area contributed by atoms with E-state index in [0.717, 1.165) is 19.5 Å². The smallest absolute Gasteiger partial charge is 0.311 e. The second-order valence-electron chi connectivity index (χ2n) is 4.59. The van der Waals surface area contributed by atoms with E-state index in [1.165, 1.54) is 0 Å². The molecule has 0 aliphatic carbocycles. The lowest BCUT2D eigenvalue weighted by molar-refractivity contribution is -0.136. The van der Waals surface area contributed by atoms with E-state index in [9.17, 15) is 13.2 Å². The summed E-state index contributed by atoms with van der Waals surface area (Å²) in [6.07, 6.45) is -3.47. The maximum atomic E-state index is 12.0. The van der Waals surface area contributed by atoms with Crippen molar-refractivity contribution in [3.63, 3.8) is 0 Å². The van der Waals surface area contributed by atoms with Gasteiger partial charge < -0.3 is 5.32 Å². The Morgan fingerprint density at radius 2 is 2.06 bits per heavy atom. The number of nitrogens with one attached hydrogen (secondary N) is 1. The van der Waals surface area contributed by atoms with Crippen LogP contribution in [-0.4, -0.2) is 42.8 Å². The first-order chi connectivity index (χ1) is 7.42. The van der Waals surface area contributed by atoms with Crippen LogP contribution in [0.3, 0.4) is 0 Å². The van der Waals surface area contributed by atoms with Crippen molar-refractivity contribution < 1.29 is 13.2 Å². The van der Waals surface area contributed by atoms with Crippen molar-refractivity contribution in [3.05, 3.63) is 0 Å². The maximum Gasteiger partial charge on any atom is 0.389 e. The number of alkyl halides is 3. The third kappa shape index (κ3) is 4.70. The van der Waals surface area contributed by atoms with E-state index in [2.05, 4.69) is 24.1 Å². The van der Waals surface area contributed by atoms with Gasteiger partial charge in [0.05, 0.1) is 0 Å². The van der Waals surface area contributed by atoms with Crippen molar-refractivity contribution in [2.75, 3.05) is 19.6 Å². The van der Waals surface area contributed by atoms with Crippen LogP contribution in [0.2, 0.25) is 0 Å². The molecule has 0 radical (unpaired) electrons. The van der Waals surface area contributed by atoms with Crippen LogP contribution in [0, 0.1) is 0 Å². The van der Waals surface area contributed by atoms with Crippen molar-refractivity contribution in [1.29, 1.82) is 0 Å². The second kappa shape index (κ2) is 5.87. The highest BCUT2D eigenvalue weighted by Crippen LogP contribution is 2.22.